The first-order valence-electron chi connectivity index (χ1n) is 4.34. The van der Waals surface area contributed by atoms with Gasteiger partial charge >= 0.3 is 0 Å². The fourth-order valence-electron chi connectivity index (χ4n) is 1.04. The lowest BCUT2D eigenvalue weighted by molar-refractivity contribution is 0.0954. The molecule has 0 aliphatic carbocycles. The lowest BCUT2D eigenvalue weighted by Gasteiger charge is -2.02. The van der Waals surface area contributed by atoms with Crippen LogP contribution in [-0.4, -0.2) is 26.0 Å². The lowest BCUT2D eigenvalue weighted by atomic mass is 10.3. The summed E-state index contributed by atoms with van der Waals surface area (Å²) in [5.41, 5.74) is 0.574. The third-order valence-corrected chi connectivity index (χ3v) is 2.99. The van der Waals surface area contributed by atoms with Crippen LogP contribution in [-0.2, 0) is 0 Å². The van der Waals surface area contributed by atoms with Crippen molar-refractivity contribution < 1.29 is 4.79 Å². The topological polar surface area (TPSA) is 41.1 Å². The Kier molecular flexibility index (Phi) is 4.38. The summed E-state index contributed by atoms with van der Waals surface area (Å²) >= 11 is 7.32. The zero-order valence-electron chi connectivity index (χ0n) is 8.19. The number of nitrogens with one attached hydrogen (secondary N) is 2. The Morgan fingerprint density at radius 1 is 1.57 bits per heavy atom. The summed E-state index contributed by atoms with van der Waals surface area (Å²) in [5, 5.41) is 5.72. The molecule has 0 unspecified atom stereocenters. The number of carbonyl (C=O) groups is 1. The van der Waals surface area contributed by atoms with E-state index in [1.54, 1.807) is 0 Å². The first kappa shape index (κ1) is 11.5. The van der Waals surface area contributed by atoms with Crippen molar-refractivity contribution in [2.45, 2.75) is 6.92 Å². The zero-order chi connectivity index (χ0) is 10.6. The summed E-state index contributed by atoms with van der Waals surface area (Å²) in [5.74, 6) is -0.102. The van der Waals surface area contributed by atoms with Crippen LogP contribution in [0.2, 0.25) is 4.34 Å². The van der Waals surface area contributed by atoms with Gasteiger partial charge < -0.3 is 10.6 Å². The Morgan fingerprint density at radius 3 is 2.79 bits per heavy atom. The van der Waals surface area contributed by atoms with Gasteiger partial charge in [-0.2, -0.15) is 0 Å². The van der Waals surface area contributed by atoms with Gasteiger partial charge in [-0.15, -0.1) is 11.3 Å². The molecule has 0 bridgehead atoms. The molecule has 0 radical (unpaired) electrons. The summed E-state index contributed by atoms with van der Waals surface area (Å²) in [6.07, 6.45) is 0. The Balaban J connectivity index is 2.56. The first-order valence-corrected chi connectivity index (χ1v) is 5.53. The predicted octanol–water partition coefficient (Wildman–Crippen LogP) is 1.66. The minimum absolute atomic E-state index is 0.102. The fourth-order valence-corrected chi connectivity index (χ4v) is 2.26. The van der Waals surface area contributed by atoms with E-state index in [0.29, 0.717) is 16.4 Å². The van der Waals surface area contributed by atoms with E-state index in [0.717, 1.165) is 11.4 Å². The molecular formula is C9H13ClN2OS. The van der Waals surface area contributed by atoms with Crippen LogP contribution in [0, 0.1) is 6.92 Å². The number of carbonyl (C=O) groups excluding carboxylic acids is 1. The molecule has 14 heavy (non-hydrogen) atoms. The minimum Gasteiger partial charge on any atom is -0.351 e. The first-order chi connectivity index (χ1) is 6.65. The van der Waals surface area contributed by atoms with Gasteiger partial charge in [-0.25, -0.2) is 0 Å². The molecule has 0 saturated heterocycles. The molecule has 0 fully saturated rings. The highest BCUT2D eigenvalue weighted by Gasteiger charge is 2.12. The second kappa shape index (κ2) is 5.34. The van der Waals surface area contributed by atoms with Gasteiger partial charge in [0.2, 0.25) is 0 Å². The molecule has 1 heterocycles. The van der Waals surface area contributed by atoms with Crippen LogP contribution in [0.4, 0.5) is 0 Å². The summed E-state index contributed by atoms with van der Waals surface area (Å²) in [6.45, 7) is 3.30. The van der Waals surface area contributed by atoms with Crippen molar-refractivity contribution in [3.63, 3.8) is 0 Å². The monoisotopic (exact) mass is 232 g/mol. The van der Waals surface area contributed by atoms with Crippen molar-refractivity contribution in [2.24, 2.45) is 0 Å². The summed E-state index contributed by atoms with van der Waals surface area (Å²) in [4.78, 5) is 12.6. The fraction of sp³-hybridized carbons (Fsp3) is 0.444. The average Bonchev–Trinajstić information content (AvgIpc) is 2.45. The molecule has 0 saturated carbocycles. The van der Waals surface area contributed by atoms with E-state index in [4.69, 9.17) is 11.6 Å². The van der Waals surface area contributed by atoms with Crippen LogP contribution < -0.4 is 10.6 Å². The molecule has 1 rings (SSSR count). The number of halogens is 1. The van der Waals surface area contributed by atoms with Crippen molar-refractivity contribution in [3.05, 3.63) is 20.8 Å². The SMILES string of the molecule is CNCCNC(=O)c1cc(C)sc1Cl. The maximum Gasteiger partial charge on any atom is 0.253 e. The molecule has 1 aromatic rings. The maximum atomic E-state index is 11.5. The molecule has 5 heteroatoms. The molecule has 0 aliphatic rings. The molecule has 0 atom stereocenters. The molecule has 0 aliphatic heterocycles. The third kappa shape index (κ3) is 2.97. The molecular weight excluding hydrogens is 220 g/mol. The van der Waals surface area contributed by atoms with E-state index in [1.165, 1.54) is 11.3 Å². The number of hydrogen-bond acceptors (Lipinski definition) is 3. The van der Waals surface area contributed by atoms with Gasteiger partial charge in [-0.1, -0.05) is 11.6 Å². The van der Waals surface area contributed by atoms with E-state index in [-0.39, 0.29) is 5.91 Å². The van der Waals surface area contributed by atoms with Gasteiger partial charge in [0.25, 0.3) is 5.91 Å². The van der Waals surface area contributed by atoms with Crippen LogP contribution in [0.1, 0.15) is 15.2 Å². The van der Waals surface area contributed by atoms with E-state index >= 15 is 0 Å². The molecule has 2 N–H and O–H groups in total. The smallest absolute Gasteiger partial charge is 0.253 e. The Bertz CT molecular complexity index is 325. The van der Waals surface area contributed by atoms with E-state index < -0.39 is 0 Å². The third-order valence-electron chi connectivity index (χ3n) is 1.72. The quantitative estimate of drug-likeness (QED) is 0.776. The van der Waals surface area contributed by atoms with Crippen LogP contribution in [0.15, 0.2) is 6.07 Å². The van der Waals surface area contributed by atoms with Gasteiger partial charge in [0.1, 0.15) is 4.34 Å². The van der Waals surface area contributed by atoms with Crippen molar-refractivity contribution >= 4 is 28.8 Å². The largest absolute Gasteiger partial charge is 0.351 e. The van der Waals surface area contributed by atoms with Gasteiger partial charge in [-0.3, -0.25) is 4.79 Å². The average molecular weight is 233 g/mol. The van der Waals surface area contributed by atoms with E-state index in [9.17, 15) is 4.79 Å². The van der Waals surface area contributed by atoms with Crippen LogP contribution in [0.3, 0.4) is 0 Å². The van der Waals surface area contributed by atoms with Gasteiger partial charge in [-0.05, 0) is 20.0 Å². The lowest BCUT2D eigenvalue weighted by Crippen LogP contribution is -2.30. The highest BCUT2D eigenvalue weighted by atomic mass is 35.5. The van der Waals surface area contributed by atoms with E-state index in [1.807, 2.05) is 20.0 Å². The maximum absolute atomic E-state index is 11.5. The number of thiophene rings is 1. The van der Waals surface area contributed by atoms with Crippen LogP contribution >= 0.6 is 22.9 Å². The van der Waals surface area contributed by atoms with Crippen LogP contribution in [0.5, 0.6) is 0 Å². The van der Waals surface area contributed by atoms with Crippen molar-refractivity contribution in [1.82, 2.24) is 10.6 Å². The van der Waals surface area contributed by atoms with Gasteiger partial charge in [0, 0.05) is 18.0 Å². The Labute approximate surface area is 92.5 Å². The highest BCUT2D eigenvalue weighted by molar-refractivity contribution is 7.16. The Hall–Kier alpha value is -0.580. The molecule has 1 aromatic heterocycles. The number of rotatable bonds is 4. The number of aryl methyl sites for hydroxylation is 1. The van der Waals surface area contributed by atoms with Gasteiger partial charge in [0.15, 0.2) is 0 Å². The van der Waals surface area contributed by atoms with E-state index in [2.05, 4.69) is 10.6 Å². The van der Waals surface area contributed by atoms with Gasteiger partial charge in [0.05, 0.1) is 5.56 Å². The number of amides is 1. The molecule has 78 valence electrons. The van der Waals surface area contributed by atoms with Crippen molar-refractivity contribution in [2.75, 3.05) is 20.1 Å². The molecule has 0 spiro atoms. The second-order valence-electron chi connectivity index (χ2n) is 2.90. The normalized spacial score (nSPS) is 10.2. The molecule has 0 aromatic carbocycles. The summed E-state index contributed by atoms with van der Waals surface area (Å²) < 4.78 is 0.560. The van der Waals surface area contributed by atoms with Crippen LogP contribution in [0.25, 0.3) is 0 Å². The van der Waals surface area contributed by atoms with Crippen molar-refractivity contribution in [3.8, 4) is 0 Å². The standard InChI is InChI=1S/C9H13ClN2OS/c1-6-5-7(8(10)14-6)9(13)12-4-3-11-2/h5,11H,3-4H2,1-2H3,(H,12,13). The number of hydrogen-bond donors (Lipinski definition) is 2. The second-order valence-corrected chi connectivity index (χ2v) is 4.76. The number of likely N-dealkylation sites (N-methyl/N-ethyl adjacent to an activating group) is 1. The highest BCUT2D eigenvalue weighted by Crippen LogP contribution is 2.26. The predicted molar refractivity (Wildman–Crippen MR) is 60.3 cm³/mol. The Morgan fingerprint density at radius 2 is 2.29 bits per heavy atom. The molecule has 1 amide bonds. The van der Waals surface area contributed by atoms with Crippen molar-refractivity contribution in [1.29, 1.82) is 0 Å². The molecule has 3 nitrogen and oxygen atoms in total. The summed E-state index contributed by atoms with van der Waals surface area (Å²) in [7, 11) is 1.84. The zero-order valence-corrected chi connectivity index (χ0v) is 9.76. The summed E-state index contributed by atoms with van der Waals surface area (Å²) in [6, 6.07) is 1.81. The minimum atomic E-state index is -0.102.